The molecule has 1 heterocycles. The highest BCUT2D eigenvalue weighted by Crippen LogP contribution is 2.15. The van der Waals surface area contributed by atoms with Gasteiger partial charge >= 0.3 is 0 Å². The molecule has 0 saturated carbocycles. The summed E-state index contributed by atoms with van der Waals surface area (Å²) >= 11 is 0. The quantitative estimate of drug-likeness (QED) is 0.740. The van der Waals surface area contributed by atoms with Gasteiger partial charge in [-0.25, -0.2) is 4.98 Å². The van der Waals surface area contributed by atoms with Crippen LogP contribution in [0.2, 0.25) is 0 Å². The van der Waals surface area contributed by atoms with Crippen molar-refractivity contribution in [3.63, 3.8) is 0 Å². The number of carbonyl (C=O) groups is 2. The van der Waals surface area contributed by atoms with Gasteiger partial charge in [-0.15, -0.1) is 0 Å². The van der Waals surface area contributed by atoms with Crippen molar-refractivity contribution >= 4 is 34.4 Å². The SMILES string of the molecule is CCC(=O)N(C)c1nc2ccccc2n(CC(=O)Nc2ccc(C)cc2)c1=O. The minimum Gasteiger partial charge on any atom is -0.325 e. The molecule has 28 heavy (non-hydrogen) atoms. The smallest absolute Gasteiger partial charge is 0.294 e. The summed E-state index contributed by atoms with van der Waals surface area (Å²) in [6.07, 6.45) is 0.248. The highest BCUT2D eigenvalue weighted by Gasteiger charge is 2.19. The van der Waals surface area contributed by atoms with Gasteiger partial charge in [-0.05, 0) is 31.2 Å². The highest BCUT2D eigenvalue weighted by molar-refractivity contribution is 5.94. The summed E-state index contributed by atoms with van der Waals surface area (Å²) in [7, 11) is 1.51. The fourth-order valence-electron chi connectivity index (χ4n) is 2.89. The molecular weight excluding hydrogens is 356 g/mol. The number of nitrogens with zero attached hydrogens (tertiary/aromatic N) is 3. The molecule has 0 fully saturated rings. The van der Waals surface area contributed by atoms with Crippen molar-refractivity contribution in [2.24, 2.45) is 0 Å². The maximum Gasteiger partial charge on any atom is 0.294 e. The molecule has 0 bridgehead atoms. The molecule has 0 spiro atoms. The summed E-state index contributed by atoms with van der Waals surface area (Å²) in [5, 5.41) is 2.79. The highest BCUT2D eigenvalue weighted by atomic mass is 16.2. The second-order valence-electron chi connectivity index (χ2n) is 6.54. The van der Waals surface area contributed by atoms with Crippen LogP contribution in [-0.2, 0) is 16.1 Å². The number of anilines is 2. The van der Waals surface area contributed by atoms with Crippen LogP contribution in [0.25, 0.3) is 11.0 Å². The van der Waals surface area contributed by atoms with Crippen molar-refractivity contribution in [3.05, 3.63) is 64.4 Å². The normalized spacial score (nSPS) is 10.7. The Morgan fingerprint density at radius 2 is 1.79 bits per heavy atom. The molecule has 0 saturated heterocycles. The first-order chi connectivity index (χ1) is 13.4. The number of para-hydroxylation sites is 2. The molecule has 3 rings (SSSR count). The summed E-state index contributed by atoms with van der Waals surface area (Å²) in [6.45, 7) is 3.49. The molecule has 0 unspecified atom stereocenters. The number of hydrogen-bond donors (Lipinski definition) is 1. The van der Waals surface area contributed by atoms with Gasteiger partial charge in [0.05, 0.1) is 11.0 Å². The predicted molar refractivity (Wildman–Crippen MR) is 110 cm³/mol. The van der Waals surface area contributed by atoms with E-state index < -0.39 is 5.56 Å². The largest absolute Gasteiger partial charge is 0.325 e. The van der Waals surface area contributed by atoms with E-state index in [1.54, 1.807) is 43.3 Å². The summed E-state index contributed by atoms with van der Waals surface area (Å²) in [5.41, 5.74) is 2.33. The van der Waals surface area contributed by atoms with Crippen molar-refractivity contribution in [2.45, 2.75) is 26.8 Å². The summed E-state index contributed by atoms with van der Waals surface area (Å²) in [4.78, 5) is 43.2. The number of nitrogens with one attached hydrogen (secondary N) is 1. The topological polar surface area (TPSA) is 84.3 Å². The van der Waals surface area contributed by atoms with Crippen LogP contribution in [0.5, 0.6) is 0 Å². The Balaban J connectivity index is 2.00. The Kier molecular flexibility index (Phi) is 5.54. The van der Waals surface area contributed by atoms with Crippen LogP contribution in [0, 0.1) is 6.92 Å². The lowest BCUT2D eigenvalue weighted by Gasteiger charge is -2.18. The van der Waals surface area contributed by atoms with Gasteiger partial charge in [0.15, 0.2) is 0 Å². The average molecular weight is 378 g/mol. The maximum atomic E-state index is 13.0. The van der Waals surface area contributed by atoms with E-state index >= 15 is 0 Å². The number of hydrogen-bond acceptors (Lipinski definition) is 4. The van der Waals surface area contributed by atoms with E-state index in [2.05, 4.69) is 10.3 Å². The first-order valence-electron chi connectivity index (χ1n) is 9.03. The van der Waals surface area contributed by atoms with Crippen molar-refractivity contribution in [1.82, 2.24) is 9.55 Å². The number of rotatable bonds is 5. The zero-order valence-electron chi connectivity index (χ0n) is 16.1. The summed E-state index contributed by atoms with van der Waals surface area (Å²) in [6, 6.07) is 14.4. The zero-order chi connectivity index (χ0) is 20.3. The van der Waals surface area contributed by atoms with E-state index in [1.165, 1.54) is 16.5 Å². The molecule has 0 aliphatic heterocycles. The van der Waals surface area contributed by atoms with E-state index in [0.717, 1.165) is 5.56 Å². The monoisotopic (exact) mass is 378 g/mol. The third-order valence-corrected chi connectivity index (χ3v) is 4.47. The fourth-order valence-corrected chi connectivity index (χ4v) is 2.89. The van der Waals surface area contributed by atoms with Crippen LogP contribution < -0.4 is 15.8 Å². The standard InChI is InChI=1S/C21H22N4O3/c1-4-19(27)24(3)20-21(28)25(17-8-6-5-7-16(17)23-20)13-18(26)22-15-11-9-14(2)10-12-15/h5-12H,4,13H2,1-3H3,(H,22,26). The van der Waals surface area contributed by atoms with Crippen LogP contribution in [-0.4, -0.2) is 28.4 Å². The van der Waals surface area contributed by atoms with Crippen LogP contribution in [0.15, 0.2) is 53.3 Å². The van der Waals surface area contributed by atoms with Gasteiger partial charge in [-0.2, -0.15) is 0 Å². The van der Waals surface area contributed by atoms with Crippen molar-refractivity contribution in [3.8, 4) is 0 Å². The first-order valence-corrected chi connectivity index (χ1v) is 9.03. The molecule has 2 aromatic carbocycles. The Labute approximate surface area is 162 Å². The first kappa shape index (κ1) is 19.3. The van der Waals surface area contributed by atoms with Gasteiger partial charge in [0.2, 0.25) is 17.6 Å². The Bertz CT molecular complexity index is 1090. The number of fused-ring (bicyclic) bond motifs is 1. The number of aromatic nitrogens is 2. The lowest BCUT2D eigenvalue weighted by molar-refractivity contribution is -0.118. The molecule has 7 nitrogen and oxygen atoms in total. The molecule has 0 atom stereocenters. The zero-order valence-corrected chi connectivity index (χ0v) is 16.1. The summed E-state index contributed by atoms with van der Waals surface area (Å²) in [5.74, 6) is -0.554. The second kappa shape index (κ2) is 8.04. The van der Waals surface area contributed by atoms with Gasteiger partial charge in [-0.3, -0.25) is 23.9 Å². The molecule has 0 radical (unpaired) electrons. The molecule has 3 aromatic rings. The molecule has 0 aliphatic rings. The van der Waals surface area contributed by atoms with Gasteiger partial charge < -0.3 is 5.32 Å². The van der Waals surface area contributed by atoms with E-state index in [9.17, 15) is 14.4 Å². The third kappa shape index (κ3) is 3.93. The van der Waals surface area contributed by atoms with Gasteiger partial charge in [0, 0.05) is 19.2 Å². The molecule has 2 amide bonds. The minimum absolute atomic E-state index is 0.00804. The maximum absolute atomic E-state index is 13.0. The molecule has 1 aromatic heterocycles. The number of amides is 2. The Morgan fingerprint density at radius 3 is 2.46 bits per heavy atom. The third-order valence-electron chi connectivity index (χ3n) is 4.47. The molecular formula is C21H22N4O3. The fraction of sp³-hybridized carbons (Fsp3) is 0.238. The van der Waals surface area contributed by atoms with Gasteiger partial charge in [-0.1, -0.05) is 36.8 Å². The molecule has 0 aliphatic carbocycles. The lowest BCUT2D eigenvalue weighted by Crippen LogP contribution is -2.36. The van der Waals surface area contributed by atoms with Crippen molar-refractivity contribution in [1.29, 1.82) is 0 Å². The number of aryl methyl sites for hydroxylation is 1. The molecule has 1 N–H and O–H groups in total. The Hall–Kier alpha value is -3.48. The van der Waals surface area contributed by atoms with E-state index in [-0.39, 0.29) is 30.6 Å². The number of benzene rings is 2. The minimum atomic E-state index is -0.484. The van der Waals surface area contributed by atoms with E-state index in [1.807, 2.05) is 19.1 Å². The molecule has 144 valence electrons. The van der Waals surface area contributed by atoms with E-state index in [0.29, 0.717) is 16.7 Å². The lowest BCUT2D eigenvalue weighted by atomic mass is 10.2. The molecule has 7 heteroatoms. The predicted octanol–water partition coefficient (Wildman–Crippen LogP) is 2.72. The van der Waals surface area contributed by atoms with Gasteiger partial charge in [0.25, 0.3) is 5.56 Å². The Morgan fingerprint density at radius 1 is 1.11 bits per heavy atom. The van der Waals surface area contributed by atoms with Crippen LogP contribution >= 0.6 is 0 Å². The summed E-state index contributed by atoms with van der Waals surface area (Å²) < 4.78 is 1.35. The second-order valence-corrected chi connectivity index (χ2v) is 6.54. The average Bonchev–Trinajstić information content (AvgIpc) is 2.70. The van der Waals surface area contributed by atoms with Crippen LogP contribution in [0.4, 0.5) is 11.5 Å². The van der Waals surface area contributed by atoms with E-state index in [4.69, 9.17) is 0 Å². The number of carbonyl (C=O) groups excluding carboxylic acids is 2. The van der Waals surface area contributed by atoms with Crippen molar-refractivity contribution < 1.29 is 9.59 Å². The van der Waals surface area contributed by atoms with Gasteiger partial charge in [0.1, 0.15) is 6.54 Å². The van der Waals surface area contributed by atoms with Crippen molar-refractivity contribution in [2.75, 3.05) is 17.3 Å². The van der Waals surface area contributed by atoms with Crippen LogP contribution in [0.1, 0.15) is 18.9 Å². The van der Waals surface area contributed by atoms with Crippen LogP contribution in [0.3, 0.4) is 0 Å².